The van der Waals surface area contributed by atoms with Crippen molar-refractivity contribution in [2.45, 2.75) is 16.2 Å². The lowest BCUT2D eigenvalue weighted by Crippen LogP contribution is -2.32. The Bertz CT molecular complexity index is 1640. The van der Waals surface area contributed by atoms with Crippen LogP contribution in [0.1, 0.15) is 16.4 Å². The molecule has 3 amide bonds. The summed E-state index contributed by atoms with van der Waals surface area (Å²) in [5.74, 6) is -2.88. The smallest absolute Gasteiger partial charge is 0.305 e. The maximum absolute atomic E-state index is 13.8. The monoisotopic (exact) mass is 561 g/mol. The number of amides is 3. The highest BCUT2D eigenvalue weighted by Gasteiger charge is 2.56. The quantitative estimate of drug-likeness (QED) is 0.338. The highest BCUT2D eigenvalue weighted by atomic mass is 32.2. The van der Waals surface area contributed by atoms with Crippen LogP contribution >= 0.6 is 23.1 Å². The minimum atomic E-state index is -0.839. The van der Waals surface area contributed by atoms with Crippen molar-refractivity contribution in [1.82, 2.24) is 4.98 Å². The van der Waals surface area contributed by atoms with Crippen LogP contribution in [0.5, 0.6) is 5.75 Å². The molecule has 4 aromatic rings. The summed E-state index contributed by atoms with van der Waals surface area (Å²) < 4.78 is 19.5. The molecular formula is C28H20FN3O5S2. The molecule has 0 spiro atoms. The van der Waals surface area contributed by atoms with Gasteiger partial charge in [-0.1, -0.05) is 59.5 Å². The van der Waals surface area contributed by atoms with Gasteiger partial charge in [-0.15, -0.1) is 0 Å². The van der Waals surface area contributed by atoms with Gasteiger partial charge in [-0.3, -0.25) is 19.2 Å². The number of para-hydroxylation sites is 2. The molecule has 2 unspecified atom stereocenters. The summed E-state index contributed by atoms with van der Waals surface area (Å²) in [5, 5.41) is 2.48. The minimum absolute atomic E-state index is 0.277. The molecule has 2 N–H and O–H groups in total. The lowest BCUT2D eigenvalue weighted by Gasteiger charge is -2.30. The zero-order valence-electron chi connectivity index (χ0n) is 20.1. The van der Waals surface area contributed by atoms with Crippen molar-refractivity contribution < 1.29 is 23.5 Å². The lowest BCUT2D eigenvalue weighted by molar-refractivity contribution is -0.122. The average Bonchev–Trinajstić information content (AvgIpc) is 3.43. The number of aromatic nitrogens is 1. The van der Waals surface area contributed by atoms with Gasteiger partial charge in [0.05, 0.1) is 16.6 Å². The van der Waals surface area contributed by atoms with Crippen molar-refractivity contribution in [3.05, 3.63) is 105 Å². The molecule has 3 atom stereocenters. The maximum Gasteiger partial charge on any atom is 0.305 e. The standard InChI is InChI=1S/C28H20FN3O5S2/c29-15-10-12-17(13-11-15)32-26(34)22-21(23-25(31-28(36)39-23)38-24(22)27(32)35)18-8-4-5-9-19(18)37-14-20(33)30-16-6-2-1-3-7-16/h1-13,21-22,24H,14H2,(H,30,33)(H,31,36)/t21-,22?,24?/m1/s1. The van der Waals surface area contributed by atoms with Crippen molar-refractivity contribution in [3.8, 4) is 5.75 Å². The Morgan fingerprint density at radius 1 is 0.949 bits per heavy atom. The van der Waals surface area contributed by atoms with E-state index in [1.54, 1.807) is 48.5 Å². The van der Waals surface area contributed by atoms with Crippen LogP contribution in [0.25, 0.3) is 0 Å². The third-order valence-corrected chi connectivity index (χ3v) is 8.98. The number of thiazole rings is 1. The average molecular weight is 562 g/mol. The Morgan fingerprint density at radius 2 is 1.67 bits per heavy atom. The van der Waals surface area contributed by atoms with Gasteiger partial charge in [0, 0.05) is 22.0 Å². The van der Waals surface area contributed by atoms with E-state index in [0.717, 1.165) is 28.0 Å². The molecule has 3 heterocycles. The topological polar surface area (TPSA) is 109 Å². The van der Waals surface area contributed by atoms with Gasteiger partial charge in [0.2, 0.25) is 11.8 Å². The van der Waals surface area contributed by atoms with Crippen LogP contribution in [-0.4, -0.2) is 34.6 Å². The number of aromatic amines is 1. The van der Waals surface area contributed by atoms with Crippen molar-refractivity contribution in [3.63, 3.8) is 0 Å². The number of halogens is 1. The largest absolute Gasteiger partial charge is 0.483 e. The van der Waals surface area contributed by atoms with E-state index in [2.05, 4.69) is 10.3 Å². The Hall–Kier alpha value is -4.22. The number of benzene rings is 3. The predicted octanol–water partition coefficient (Wildman–Crippen LogP) is 4.39. The van der Waals surface area contributed by atoms with Gasteiger partial charge in [-0.05, 0) is 42.5 Å². The van der Waals surface area contributed by atoms with Gasteiger partial charge in [0.1, 0.15) is 16.8 Å². The fourth-order valence-corrected chi connectivity index (χ4v) is 7.43. The molecule has 0 bridgehead atoms. The molecule has 2 aliphatic heterocycles. The summed E-state index contributed by atoms with van der Waals surface area (Å²) in [4.78, 5) is 56.5. The second kappa shape index (κ2) is 10.2. The summed E-state index contributed by atoms with van der Waals surface area (Å²) in [7, 11) is 0. The van der Waals surface area contributed by atoms with Crippen molar-refractivity contribution in [2.75, 3.05) is 16.8 Å². The van der Waals surface area contributed by atoms with Crippen molar-refractivity contribution in [2.24, 2.45) is 5.92 Å². The van der Waals surface area contributed by atoms with E-state index in [9.17, 15) is 23.6 Å². The summed E-state index contributed by atoms with van der Waals surface area (Å²) >= 11 is 2.13. The van der Waals surface area contributed by atoms with E-state index in [-0.39, 0.29) is 23.1 Å². The van der Waals surface area contributed by atoms with Gasteiger partial charge in [0.15, 0.2) is 6.61 Å². The first-order valence-electron chi connectivity index (χ1n) is 12.0. The third-order valence-electron chi connectivity index (χ3n) is 6.58. The van der Waals surface area contributed by atoms with E-state index in [0.29, 0.717) is 26.9 Å². The van der Waals surface area contributed by atoms with Gasteiger partial charge < -0.3 is 15.0 Å². The molecule has 1 aromatic heterocycles. The molecule has 6 rings (SSSR count). The number of imide groups is 1. The maximum atomic E-state index is 13.8. The molecule has 0 saturated carbocycles. The number of carbonyl (C=O) groups excluding carboxylic acids is 3. The fraction of sp³-hybridized carbons (Fsp3) is 0.143. The van der Waals surface area contributed by atoms with E-state index in [1.807, 2.05) is 6.07 Å². The molecule has 0 aliphatic carbocycles. The summed E-state index contributed by atoms with van der Waals surface area (Å²) in [6, 6.07) is 21.1. The number of fused-ring (bicyclic) bond motifs is 2. The van der Waals surface area contributed by atoms with Crippen LogP contribution in [0.15, 0.2) is 88.7 Å². The Labute approximate surface area is 229 Å². The minimum Gasteiger partial charge on any atom is -0.483 e. The molecule has 1 fully saturated rings. The van der Waals surface area contributed by atoms with Crippen molar-refractivity contribution in [1.29, 1.82) is 0 Å². The summed E-state index contributed by atoms with van der Waals surface area (Å²) in [5.41, 5.74) is 1.49. The molecule has 1 saturated heterocycles. The van der Waals surface area contributed by atoms with Crippen LogP contribution in [0.2, 0.25) is 0 Å². The Kier molecular flexibility index (Phi) is 6.53. The van der Waals surface area contributed by atoms with Crippen LogP contribution < -0.4 is 19.8 Å². The third kappa shape index (κ3) is 4.64. The molecular weight excluding hydrogens is 541 g/mol. The normalized spacial score (nSPS) is 19.9. The highest BCUT2D eigenvalue weighted by molar-refractivity contribution is 8.00. The second-order valence-corrected chi connectivity index (χ2v) is 11.1. The zero-order valence-corrected chi connectivity index (χ0v) is 21.8. The SMILES string of the molecule is O=C(COc1ccccc1[C@H]1c2sc(=O)[nH]c2SC2C(=O)N(c3ccc(F)cc3)C(=O)C21)Nc1ccccc1. The Morgan fingerprint density at radius 3 is 2.44 bits per heavy atom. The van der Waals surface area contributed by atoms with E-state index < -0.39 is 34.7 Å². The number of hydrogen-bond acceptors (Lipinski definition) is 7. The zero-order chi connectivity index (χ0) is 27.1. The number of rotatable bonds is 6. The number of nitrogens with zero attached hydrogens (tertiary/aromatic N) is 1. The summed E-state index contributed by atoms with van der Waals surface area (Å²) in [6.07, 6.45) is 0. The van der Waals surface area contributed by atoms with Crippen LogP contribution in [0, 0.1) is 11.7 Å². The number of carbonyl (C=O) groups is 3. The van der Waals surface area contributed by atoms with Gasteiger partial charge in [-0.25, -0.2) is 9.29 Å². The highest BCUT2D eigenvalue weighted by Crippen LogP contribution is 2.54. The predicted molar refractivity (Wildman–Crippen MR) is 146 cm³/mol. The molecule has 11 heteroatoms. The number of thioether (sulfide) groups is 1. The first kappa shape index (κ1) is 25.1. The number of anilines is 2. The van der Waals surface area contributed by atoms with Gasteiger partial charge in [-0.2, -0.15) is 0 Å². The van der Waals surface area contributed by atoms with Crippen molar-refractivity contribution >= 4 is 52.2 Å². The molecule has 3 aromatic carbocycles. The van der Waals surface area contributed by atoms with E-state index in [4.69, 9.17) is 4.74 Å². The van der Waals surface area contributed by atoms with Crippen LogP contribution in [-0.2, 0) is 14.4 Å². The first-order valence-corrected chi connectivity index (χ1v) is 13.7. The van der Waals surface area contributed by atoms with Gasteiger partial charge in [0.25, 0.3) is 5.91 Å². The fourth-order valence-electron chi connectivity index (χ4n) is 4.93. The molecule has 39 heavy (non-hydrogen) atoms. The van der Waals surface area contributed by atoms with Crippen LogP contribution in [0.4, 0.5) is 15.8 Å². The number of hydrogen-bond donors (Lipinski definition) is 2. The van der Waals surface area contributed by atoms with Crippen LogP contribution in [0.3, 0.4) is 0 Å². The summed E-state index contributed by atoms with van der Waals surface area (Å²) in [6.45, 7) is -0.285. The number of ether oxygens (including phenoxy) is 1. The van der Waals surface area contributed by atoms with E-state index in [1.165, 1.54) is 24.3 Å². The molecule has 196 valence electrons. The number of nitrogens with one attached hydrogen (secondary N) is 2. The molecule has 8 nitrogen and oxygen atoms in total. The Balaban J connectivity index is 1.35. The van der Waals surface area contributed by atoms with Gasteiger partial charge >= 0.3 is 4.87 Å². The number of H-pyrrole nitrogens is 1. The van der Waals surface area contributed by atoms with E-state index >= 15 is 0 Å². The first-order chi connectivity index (χ1) is 18.9. The molecule has 0 radical (unpaired) electrons. The second-order valence-electron chi connectivity index (χ2n) is 8.98. The lowest BCUT2D eigenvalue weighted by atomic mass is 9.82. The molecule has 2 aliphatic rings.